The predicted octanol–water partition coefficient (Wildman–Crippen LogP) is 3.35. The summed E-state index contributed by atoms with van der Waals surface area (Å²) in [4.78, 5) is 28.9. The normalized spacial score (nSPS) is 18.3. The Balaban J connectivity index is 2.42. The number of hydrogen-bond donors (Lipinski definition) is 0. The monoisotopic (exact) mass is 411 g/mol. The van der Waals surface area contributed by atoms with Crippen LogP contribution >= 0.6 is 11.8 Å². The number of benzene rings is 1. The van der Waals surface area contributed by atoms with Crippen LogP contribution in [0.15, 0.2) is 46.6 Å². The first-order valence-electron chi connectivity index (χ1n) is 9.09. The molecule has 0 aliphatic carbocycles. The highest BCUT2D eigenvalue weighted by atomic mass is 32.2. The van der Waals surface area contributed by atoms with Crippen molar-refractivity contribution in [1.82, 2.24) is 0 Å². The maximum atomic E-state index is 12.7. The number of carbonyl (C=O) groups excluding carboxylic acids is 2. The van der Waals surface area contributed by atoms with E-state index in [0.29, 0.717) is 16.3 Å². The molecule has 0 amide bonds. The summed E-state index contributed by atoms with van der Waals surface area (Å²) >= 11 is 1.14. The number of esters is 2. The zero-order valence-corrected chi connectivity index (χ0v) is 17.1. The highest BCUT2D eigenvalue weighted by Crippen LogP contribution is 2.41. The molecule has 29 heavy (non-hydrogen) atoms. The van der Waals surface area contributed by atoms with Crippen molar-refractivity contribution in [3.05, 3.63) is 47.2 Å². The minimum atomic E-state index is -0.751. The van der Waals surface area contributed by atoms with Gasteiger partial charge in [-0.25, -0.2) is 9.79 Å². The van der Waals surface area contributed by atoms with Crippen LogP contribution in [0.5, 0.6) is 0 Å². The van der Waals surface area contributed by atoms with Crippen molar-refractivity contribution in [3.8, 4) is 12.1 Å². The lowest BCUT2D eigenvalue weighted by Gasteiger charge is -2.29. The minimum absolute atomic E-state index is 0.0287. The lowest BCUT2D eigenvalue weighted by Crippen LogP contribution is -2.30. The molecule has 8 heteroatoms. The number of allylic oxidation sites excluding steroid dienone is 1. The number of ether oxygens (including phenoxy) is 2. The SMILES string of the molecule is CCOC(=O)CSC1=NC(C)=C(C(=O)OCCC#N)[C@H](c2ccccc2)C1C#N. The van der Waals surface area contributed by atoms with Crippen molar-refractivity contribution in [2.45, 2.75) is 26.2 Å². The molecule has 0 bridgehead atoms. The number of rotatable bonds is 7. The Morgan fingerprint density at radius 3 is 2.55 bits per heavy atom. The van der Waals surface area contributed by atoms with E-state index in [1.807, 2.05) is 36.4 Å². The molecule has 1 unspecified atom stereocenters. The Hall–Kier alpha value is -3.10. The van der Waals surface area contributed by atoms with Crippen LogP contribution in [0.25, 0.3) is 0 Å². The van der Waals surface area contributed by atoms with Gasteiger partial charge in [-0.15, -0.1) is 0 Å². The predicted molar refractivity (Wildman–Crippen MR) is 109 cm³/mol. The molecule has 0 saturated carbocycles. The van der Waals surface area contributed by atoms with E-state index < -0.39 is 23.8 Å². The first-order valence-corrected chi connectivity index (χ1v) is 10.1. The summed E-state index contributed by atoms with van der Waals surface area (Å²) in [5, 5.41) is 19.0. The molecule has 7 nitrogen and oxygen atoms in total. The fourth-order valence-electron chi connectivity index (χ4n) is 2.98. The first kappa shape index (κ1) is 22.2. The fourth-order valence-corrected chi connectivity index (χ4v) is 3.90. The van der Waals surface area contributed by atoms with Crippen LogP contribution < -0.4 is 0 Å². The maximum Gasteiger partial charge on any atom is 0.336 e. The summed E-state index contributed by atoms with van der Waals surface area (Å²) in [5.74, 6) is -2.29. The van der Waals surface area contributed by atoms with E-state index in [9.17, 15) is 14.9 Å². The quantitative estimate of drug-likeness (QED) is 0.499. The number of nitriles is 2. The fraction of sp³-hybridized carbons (Fsp3) is 0.381. The molecule has 150 valence electrons. The summed E-state index contributed by atoms with van der Waals surface area (Å²) in [5.41, 5.74) is 1.50. The molecule has 0 aromatic heterocycles. The number of hydrogen-bond acceptors (Lipinski definition) is 8. The molecule has 0 fully saturated rings. The summed E-state index contributed by atoms with van der Waals surface area (Å²) in [7, 11) is 0. The Morgan fingerprint density at radius 2 is 1.93 bits per heavy atom. The van der Waals surface area contributed by atoms with Crippen LogP contribution in [0.4, 0.5) is 0 Å². The Kier molecular flexibility index (Phi) is 8.45. The molecule has 0 radical (unpaired) electrons. The van der Waals surface area contributed by atoms with Crippen molar-refractivity contribution >= 4 is 28.7 Å². The summed E-state index contributed by atoms with van der Waals surface area (Å²) in [6, 6.07) is 13.3. The van der Waals surface area contributed by atoms with Crippen LogP contribution in [0.1, 0.15) is 31.7 Å². The molecule has 1 aliphatic heterocycles. The van der Waals surface area contributed by atoms with Gasteiger partial charge in [-0.3, -0.25) is 4.79 Å². The zero-order valence-electron chi connectivity index (χ0n) is 16.3. The minimum Gasteiger partial charge on any atom is -0.465 e. The van der Waals surface area contributed by atoms with E-state index >= 15 is 0 Å². The van der Waals surface area contributed by atoms with E-state index in [2.05, 4.69) is 11.1 Å². The lowest BCUT2D eigenvalue weighted by atomic mass is 9.79. The van der Waals surface area contributed by atoms with E-state index in [0.717, 1.165) is 17.3 Å². The van der Waals surface area contributed by atoms with E-state index in [-0.39, 0.29) is 25.4 Å². The molecule has 0 N–H and O–H groups in total. The molecule has 1 aliphatic rings. The lowest BCUT2D eigenvalue weighted by molar-refractivity contribution is -0.140. The number of aliphatic imine (C=N–C) groups is 1. The smallest absolute Gasteiger partial charge is 0.336 e. The highest BCUT2D eigenvalue weighted by Gasteiger charge is 2.39. The van der Waals surface area contributed by atoms with Crippen LogP contribution in [-0.4, -0.2) is 35.9 Å². The zero-order chi connectivity index (χ0) is 21.2. The van der Waals surface area contributed by atoms with Crippen molar-refractivity contribution in [3.63, 3.8) is 0 Å². The van der Waals surface area contributed by atoms with Gasteiger partial charge in [0.25, 0.3) is 0 Å². The molecule has 0 spiro atoms. The summed E-state index contributed by atoms with van der Waals surface area (Å²) < 4.78 is 10.2. The second-order valence-corrected chi connectivity index (χ2v) is 7.08. The van der Waals surface area contributed by atoms with Crippen molar-refractivity contribution < 1.29 is 19.1 Å². The molecule has 1 aromatic carbocycles. The molecular formula is C21H21N3O4S. The van der Waals surface area contributed by atoms with Gasteiger partial charge in [-0.2, -0.15) is 10.5 Å². The van der Waals surface area contributed by atoms with E-state index in [4.69, 9.17) is 14.7 Å². The van der Waals surface area contributed by atoms with Gasteiger partial charge in [-0.05, 0) is 19.4 Å². The van der Waals surface area contributed by atoms with Gasteiger partial charge in [0.2, 0.25) is 0 Å². The Labute approximate surface area is 174 Å². The molecule has 2 atom stereocenters. The topological polar surface area (TPSA) is 113 Å². The molecule has 1 aromatic rings. The molecule has 2 rings (SSSR count). The largest absolute Gasteiger partial charge is 0.465 e. The number of nitrogens with zero attached hydrogens (tertiary/aromatic N) is 3. The van der Waals surface area contributed by atoms with Gasteiger partial charge < -0.3 is 9.47 Å². The highest BCUT2D eigenvalue weighted by molar-refractivity contribution is 8.14. The molecule has 0 saturated heterocycles. The van der Waals surface area contributed by atoms with Crippen molar-refractivity contribution in [2.75, 3.05) is 19.0 Å². The van der Waals surface area contributed by atoms with E-state index in [1.54, 1.807) is 13.8 Å². The molecule has 1 heterocycles. The standard InChI is InChI=1S/C21H21N3O4S/c1-3-27-17(25)13-29-20-16(12-23)19(15-8-5-4-6-9-15)18(14(2)24-20)21(26)28-11-7-10-22/h4-6,8-9,16,19H,3,7,11,13H2,1-2H3/t16?,19-/m1/s1. The van der Waals surface area contributed by atoms with Gasteiger partial charge in [-0.1, -0.05) is 42.1 Å². The van der Waals surface area contributed by atoms with Crippen LogP contribution in [0, 0.1) is 28.6 Å². The second-order valence-electron chi connectivity index (χ2n) is 6.08. The van der Waals surface area contributed by atoms with Gasteiger partial charge in [0.15, 0.2) is 0 Å². The van der Waals surface area contributed by atoms with Gasteiger partial charge in [0, 0.05) is 11.6 Å². The number of thioether (sulfide) groups is 1. The maximum absolute atomic E-state index is 12.7. The third-order valence-corrected chi connectivity index (χ3v) is 5.21. The van der Waals surface area contributed by atoms with Gasteiger partial charge in [0.05, 0.1) is 41.5 Å². The summed E-state index contributed by atoms with van der Waals surface area (Å²) in [6.45, 7) is 3.65. The Bertz CT molecular complexity index is 897. The second kappa shape index (κ2) is 11.0. The van der Waals surface area contributed by atoms with Crippen LogP contribution in [-0.2, 0) is 19.1 Å². The van der Waals surface area contributed by atoms with Crippen molar-refractivity contribution in [1.29, 1.82) is 10.5 Å². The average molecular weight is 411 g/mol. The third-order valence-electron chi connectivity index (χ3n) is 4.19. The first-order chi connectivity index (χ1) is 14.0. The van der Waals surface area contributed by atoms with Crippen LogP contribution in [0.2, 0.25) is 0 Å². The van der Waals surface area contributed by atoms with Crippen LogP contribution in [0.3, 0.4) is 0 Å². The van der Waals surface area contributed by atoms with Gasteiger partial charge in [0.1, 0.15) is 12.5 Å². The molecular weight excluding hydrogens is 390 g/mol. The number of carbonyl (C=O) groups is 2. The van der Waals surface area contributed by atoms with E-state index in [1.165, 1.54) is 0 Å². The average Bonchev–Trinajstić information content (AvgIpc) is 2.72. The Morgan fingerprint density at radius 1 is 1.21 bits per heavy atom. The van der Waals surface area contributed by atoms with Gasteiger partial charge >= 0.3 is 11.9 Å². The summed E-state index contributed by atoms with van der Waals surface area (Å²) in [6.07, 6.45) is 0.0830. The van der Waals surface area contributed by atoms with Crippen molar-refractivity contribution in [2.24, 2.45) is 10.9 Å². The third kappa shape index (κ3) is 5.69.